The lowest BCUT2D eigenvalue weighted by Gasteiger charge is -2.24. The molecule has 0 radical (unpaired) electrons. The van der Waals surface area contributed by atoms with E-state index in [1.165, 1.54) is 0 Å². The van der Waals surface area contributed by atoms with E-state index in [4.69, 9.17) is 4.74 Å². The Morgan fingerprint density at radius 3 is 2.17 bits per heavy atom. The molecule has 7 heteroatoms. The van der Waals surface area contributed by atoms with Gasteiger partial charge in [0.1, 0.15) is 6.61 Å². The molecule has 1 heterocycles. The fourth-order valence-electron chi connectivity index (χ4n) is 4.24. The highest BCUT2D eigenvalue weighted by Gasteiger charge is 2.27. The van der Waals surface area contributed by atoms with Crippen LogP contribution in [0.4, 0.5) is 0 Å². The summed E-state index contributed by atoms with van der Waals surface area (Å²) in [6.45, 7) is 1.58. The molecule has 2 aromatic rings. The Balaban J connectivity index is 1.79. The van der Waals surface area contributed by atoms with Crippen molar-refractivity contribution in [2.75, 3.05) is 13.2 Å². The molecule has 192 valence electrons. The molecule has 2 amide bonds. The number of aliphatic hydroxyl groups is 1. The van der Waals surface area contributed by atoms with Crippen LogP contribution in [-0.2, 0) is 32.0 Å². The van der Waals surface area contributed by atoms with Crippen LogP contribution in [-0.4, -0.2) is 48.2 Å². The molecule has 3 rings (SSSR count). The van der Waals surface area contributed by atoms with Gasteiger partial charge in [0.05, 0.1) is 24.5 Å². The Hall–Kier alpha value is -3.45. The van der Waals surface area contributed by atoms with E-state index in [0.29, 0.717) is 25.7 Å². The molecule has 0 spiro atoms. The van der Waals surface area contributed by atoms with Crippen molar-refractivity contribution >= 4 is 17.8 Å². The molecule has 4 atom stereocenters. The molecule has 0 saturated carbocycles. The minimum atomic E-state index is -0.576. The lowest BCUT2D eigenvalue weighted by Crippen LogP contribution is -2.45. The molecule has 1 aliphatic rings. The predicted octanol–water partition coefficient (Wildman–Crippen LogP) is 2.97. The molecular formula is C29H36N2O5. The smallest absolute Gasteiger partial charge is 0.309 e. The zero-order valence-corrected chi connectivity index (χ0v) is 20.8. The summed E-state index contributed by atoms with van der Waals surface area (Å²) in [7, 11) is 0. The maximum absolute atomic E-state index is 13.2. The molecular weight excluding hydrogens is 456 g/mol. The van der Waals surface area contributed by atoms with Gasteiger partial charge in [0.2, 0.25) is 11.8 Å². The summed E-state index contributed by atoms with van der Waals surface area (Å²) in [6, 6.07) is 18.7. The number of rotatable bonds is 8. The van der Waals surface area contributed by atoms with Gasteiger partial charge in [0, 0.05) is 12.5 Å². The van der Waals surface area contributed by atoms with Crippen LogP contribution in [0.3, 0.4) is 0 Å². The second kappa shape index (κ2) is 14.2. The van der Waals surface area contributed by atoms with Crippen molar-refractivity contribution in [3.05, 3.63) is 83.9 Å². The van der Waals surface area contributed by atoms with Crippen molar-refractivity contribution < 1.29 is 24.2 Å². The van der Waals surface area contributed by atoms with E-state index >= 15 is 0 Å². The van der Waals surface area contributed by atoms with E-state index in [2.05, 4.69) is 10.6 Å². The lowest BCUT2D eigenvalue weighted by molar-refractivity contribution is -0.150. The van der Waals surface area contributed by atoms with Gasteiger partial charge in [-0.15, -0.1) is 0 Å². The summed E-state index contributed by atoms with van der Waals surface area (Å²) in [5.74, 6) is -1.75. The molecule has 36 heavy (non-hydrogen) atoms. The van der Waals surface area contributed by atoms with E-state index in [-0.39, 0.29) is 49.4 Å². The highest BCUT2D eigenvalue weighted by molar-refractivity contribution is 5.86. The third-order valence-electron chi connectivity index (χ3n) is 6.25. The minimum absolute atomic E-state index is 0.00576. The van der Waals surface area contributed by atoms with Crippen LogP contribution in [0.5, 0.6) is 0 Å². The van der Waals surface area contributed by atoms with Gasteiger partial charge >= 0.3 is 5.97 Å². The van der Waals surface area contributed by atoms with E-state index in [1.807, 2.05) is 72.8 Å². The topological polar surface area (TPSA) is 105 Å². The largest absolute Gasteiger partial charge is 0.463 e. The first kappa shape index (κ1) is 27.1. The molecule has 2 aromatic carbocycles. The number of nitrogens with one attached hydrogen (secondary N) is 2. The fourth-order valence-corrected chi connectivity index (χ4v) is 4.24. The highest BCUT2D eigenvalue weighted by atomic mass is 16.5. The van der Waals surface area contributed by atoms with Crippen LogP contribution >= 0.6 is 0 Å². The summed E-state index contributed by atoms with van der Waals surface area (Å²) in [6.07, 6.45) is 5.69. The lowest BCUT2D eigenvalue weighted by atomic mass is 9.94. The molecule has 0 aliphatic carbocycles. The first-order valence-electron chi connectivity index (χ1n) is 12.5. The van der Waals surface area contributed by atoms with Crippen molar-refractivity contribution in [1.82, 2.24) is 10.6 Å². The summed E-state index contributed by atoms with van der Waals surface area (Å²) in [4.78, 5) is 38.7. The number of carbonyl (C=O) groups is 3. The van der Waals surface area contributed by atoms with Gasteiger partial charge in [0.25, 0.3) is 0 Å². The summed E-state index contributed by atoms with van der Waals surface area (Å²) < 4.78 is 5.72. The van der Waals surface area contributed by atoms with E-state index in [0.717, 1.165) is 11.1 Å². The Morgan fingerprint density at radius 1 is 0.972 bits per heavy atom. The third-order valence-corrected chi connectivity index (χ3v) is 6.25. The molecule has 0 unspecified atom stereocenters. The van der Waals surface area contributed by atoms with Crippen molar-refractivity contribution in [3.8, 4) is 0 Å². The molecule has 7 nitrogen and oxygen atoms in total. The number of esters is 1. The second-order valence-electron chi connectivity index (χ2n) is 9.41. The number of amides is 2. The first-order valence-corrected chi connectivity index (χ1v) is 12.5. The summed E-state index contributed by atoms with van der Waals surface area (Å²) in [5.41, 5.74) is 2.07. The summed E-state index contributed by atoms with van der Waals surface area (Å²) >= 11 is 0. The fraction of sp³-hybridized carbons (Fsp3) is 0.414. The van der Waals surface area contributed by atoms with Gasteiger partial charge < -0.3 is 20.5 Å². The van der Waals surface area contributed by atoms with E-state index in [1.54, 1.807) is 6.92 Å². The number of aliphatic hydroxyl groups excluding tert-OH is 1. The van der Waals surface area contributed by atoms with Crippen LogP contribution in [0.25, 0.3) is 0 Å². The van der Waals surface area contributed by atoms with Crippen molar-refractivity contribution in [2.24, 2.45) is 11.8 Å². The van der Waals surface area contributed by atoms with Crippen molar-refractivity contribution in [2.45, 2.75) is 51.1 Å². The van der Waals surface area contributed by atoms with Gasteiger partial charge in [0.15, 0.2) is 0 Å². The van der Waals surface area contributed by atoms with E-state index in [9.17, 15) is 19.5 Å². The second-order valence-corrected chi connectivity index (χ2v) is 9.41. The van der Waals surface area contributed by atoms with E-state index < -0.39 is 12.0 Å². The molecule has 0 aromatic heterocycles. The SMILES string of the molecule is C[C@@H](CO)NC(=O)C[C@H]1CC=CC[C@H](Cc2ccccc2)C(=O)OC[C@H](Cc2ccccc2)NC1=O. The van der Waals surface area contributed by atoms with Gasteiger partial charge in [-0.05, 0) is 43.7 Å². The van der Waals surface area contributed by atoms with Gasteiger partial charge in [-0.25, -0.2) is 0 Å². The number of hydrogen-bond acceptors (Lipinski definition) is 5. The molecule has 1 aliphatic heterocycles. The summed E-state index contributed by atoms with van der Waals surface area (Å²) in [5, 5.41) is 15.0. The van der Waals surface area contributed by atoms with Crippen LogP contribution in [0.2, 0.25) is 0 Å². The van der Waals surface area contributed by atoms with Gasteiger partial charge in [-0.3, -0.25) is 14.4 Å². The van der Waals surface area contributed by atoms with Crippen LogP contribution in [0, 0.1) is 11.8 Å². The number of hydrogen-bond donors (Lipinski definition) is 3. The normalized spacial score (nSPS) is 21.9. The third kappa shape index (κ3) is 8.96. The number of benzene rings is 2. The number of cyclic esters (lactones) is 1. The average Bonchev–Trinajstić information content (AvgIpc) is 2.88. The Kier molecular flexibility index (Phi) is 10.7. The average molecular weight is 493 g/mol. The van der Waals surface area contributed by atoms with Gasteiger partial charge in [-0.1, -0.05) is 72.8 Å². The van der Waals surface area contributed by atoms with Crippen molar-refractivity contribution in [1.29, 1.82) is 0 Å². The quantitative estimate of drug-likeness (QED) is 0.388. The maximum atomic E-state index is 13.2. The predicted molar refractivity (Wildman–Crippen MR) is 138 cm³/mol. The standard InChI is InChI=1S/C29H36N2O5/c1-21(19-32)30-27(33)18-24-14-8-9-15-25(16-22-10-4-2-5-11-22)29(35)36-20-26(31-28(24)34)17-23-12-6-3-7-13-23/h2-13,21,24-26,32H,14-20H2,1H3,(H,30,33)(H,31,34)/t21-,24+,25+,26-/m0/s1. The highest BCUT2D eigenvalue weighted by Crippen LogP contribution is 2.19. The Morgan fingerprint density at radius 2 is 1.56 bits per heavy atom. The monoisotopic (exact) mass is 492 g/mol. The van der Waals surface area contributed by atoms with Gasteiger partial charge in [-0.2, -0.15) is 0 Å². The minimum Gasteiger partial charge on any atom is -0.463 e. The molecule has 3 N–H and O–H groups in total. The number of ether oxygens (including phenoxy) is 1. The number of carbonyl (C=O) groups excluding carboxylic acids is 3. The van der Waals surface area contributed by atoms with Crippen LogP contribution in [0.1, 0.15) is 37.3 Å². The Bertz CT molecular complexity index is 1010. The Labute approximate surface area is 212 Å². The molecule has 0 bridgehead atoms. The molecule has 0 fully saturated rings. The van der Waals surface area contributed by atoms with Crippen LogP contribution < -0.4 is 10.6 Å². The maximum Gasteiger partial charge on any atom is 0.309 e. The molecule has 0 saturated heterocycles. The first-order chi connectivity index (χ1) is 17.4. The van der Waals surface area contributed by atoms with Crippen LogP contribution in [0.15, 0.2) is 72.8 Å². The zero-order valence-electron chi connectivity index (χ0n) is 20.8. The number of allylic oxidation sites excluding steroid dienone is 2. The van der Waals surface area contributed by atoms with Crippen molar-refractivity contribution in [3.63, 3.8) is 0 Å². The zero-order chi connectivity index (χ0) is 25.8.